The number of nitrogens with zero attached hydrogens (tertiary/aromatic N) is 2. The van der Waals surface area contributed by atoms with E-state index in [4.69, 9.17) is 0 Å². The second kappa shape index (κ2) is 9.62. The van der Waals surface area contributed by atoms with Crippen molar-refractivity contribution < 1.29 is 18.0 Å². The molecule has 1 amide bonds. The van der Waals surface area contributed by atoms with E-state index in [0.29, 0.717) is 25.0 Å². The fraction of sp³-hybridized carbons (Fsp3) is 0.867. The summed E-state index contributed by atoms with van der Waals surface area (Å²) in [6.07, 6.45) is 0.0525. The molecule has 0 aliphatic heterocycles. The number of nitrogens with one attached hydrogen (secondary N) is 2. The molecule has 0 bridgehead atoms. The Labute approximate surface area is 135 Å². The Morgan fingerprint density at radius 2 is 1.87 bits per heavy atom. The molecule has 0 aromatic rings. The van der Waals surface area contributed by atoms with Gasteiger partial charge in [-0.15, -0.1) is 0 Å². The fourth-order valence-electron chi connectivity index (χ4n) is 2.36. The Morgan fingerprint density at radius 3 is 2.43 bits per heavy atom. The third-order valence-electron chi connectivity index (χ3n) is 3.75. The number of likely N-dealkylation sites (N-methyl/N-ethyl adjacent to an activating group) is 1. The molecule has 1 aliphatic carbocycles. The largest absolute Gasteiger partial charge is 0.389 e. The monoisotopic (exact) mass is 336 g/mol. The van der Waals surface area contributed by atoms with Crippen LogP contribution in [-0.2, 0) is 4.79 Å². The van der Waals surface area contributed by atoms with Gasteiger partial charge in [0, 0.05) is 33.1 Å². The minimum absolute atomic E-state index is 0.0254. The summed E-state index contributed by atoms with van der Waals surface area (Å²) < 4.78 is 36.3. The van der Waals surface area contributed by atoms with Gasteiger partial charge in [0.2, 0.25) is 5.91 Å². The number of amides is 1. The Kier molecular flexibility index (Phi) is 8.19. The third-order valence-corrected chi connectivity index (χ3v) is 3.75. The summed E-state index contributed by atoms with van der Waals surface area (Å²) in [4.78, 5) is 17.3. The lowest BCUT2D eigenvalue weighted by Gasteiger charge is -2.18. The maximum atomic E-state index is 12.1. The summed E-state index contributed by atoms with van der Waals surface area (Å²) in [7, 11) is 3.32. The van der Waals surface area contributed by atoms with Gasteiger partial charge in [0.15, 0.2) is 5.96 Å². The standard InChI is InChI=1S/C15H27F3N4O/c1-22(2)13(23)11-20-14(21-12-7-3-4-8-12)19-10-6-5-9-15(16,17)18/h12H,3-11H2,1-2H3,(H2,19,20,21). The molecule has 0 heterocycles. The first-order valence-corrected chi connectivity index (χ1v) is 8.09. The molecule has 0 atom stereocenters. The second-order valence-electron chi connectivity index (χ2n) is 6.08. The van der Waals surface area contributed by atoms with Crippen molar-refractivity contribution in [1.82, 2.24) is 15.5 Å². The first kappa shape index (κ1) is 19.6. The highest BCUT2D eigenvalue weighted by Gasteiger charge is 2.25. The van der Waals surface area contributed by atoms with E-state index in [-0.39, 0.29) is 18.9 Å². The zero-order valence-corrected chi connectivity index (χ0v) is 13.9. The van der Waals surface area contributed by atoms with Gasteiger partial charge >= 0.3 is 6.18 Å². The maximum Gasteiger partial charge on any atom is 0.389 e. The summed E-state index contributed by atoms with van der Waals surface area (Å²) in [5.74, 6) is 0.397. The second-order valence-corrected chi connectivity index (χ2v) is 6.08. The molecule has 0 radical (unpaired) electrons. The lowest BCUT2D eigenvalue weighted by Crippen LogP contribution is -2.43. The molecule has 0 spiro atoms. The number of carbonyl (C=O) groups excluding carboxylic acids is 1. The van der Waals surface area contributed by atoms with Crippen LogP contribution in [0.3, 0.4) is 0 Å². The van der Waals surface area contributed by atoms with E-state index in [2.05, 4.69) is 15.6 Å². The van der Waals surface area contributed by atoms with Crippen LogP contribution in [-0.4, -0.2) is 56.2 Å². The number of rotatable bonds is 7. The molecular weight excluding hydrogens is 309 g/mol. The molecule has 0 aromatic carbocycles. The first-order valence-electron chi connectivity index (χ1n) is 8.09. The molecular formula is C15H27F3N4O. The van der Waals surface area contributed by atoms with Gasteiger partial charge < -0.3 is 15.5 Å². The van der Waals surface area contributed by atoms with E-state index in [1.165, 1.54) is 4.90 Å². The van der Waals surface area contributed by atoms with Crippen LogP contribution in [0.5, 0.6) is 0 Å². The number of guanidine groups is 1. The van der Waals surface area contributed by atoms with Gasteiger partial charge in [-0.1, -0.05) is 12.8 Å². The van der Waals surface area contributed by atoms with E-state index >= 15 is 0 Å². The summed E-state index contributed by atoms with van der Waals surface area (Å²) in [6, 6.07) is 0.325. The number of unbranched alkanes of at least 4 members (excludes halogenated alkanes) is 1. The molecule has 0 aromatic heterocycles. The number of hydrogen-bond acceptors (Lipinski definition) is 2. The van der Waals surface area contributed by atoms with Gasteiger partial charge in [-0.05, 0) is 25.7 Å². The van der Waals surface area contributed by atoms with E-state index in [1.807, 2.05) is 0 Å². The van der Waals surface area contributed by atoms with Crippen molar-refractivity contribution in [2.45, 2.75) is 57.2 Å². The van der Waals surface area contributed by atoms with Crippen LogP contribution >= 0.6 is 0 Å². The molecule has 2 N–H and O–H groups in total. The molecule has 134 valence electrons. The predicted octanol–water partition coefficient (Wildman–Crippen LogP) is 2.28. The number of halogens is 3. The Morgan fingerprint density at radius 1 is 1.22 bits per heavy atom. The number of alkyl halides is 3. The van der Waals surface area contributed by atoms with Gasteiger partial charge in [0.05, 0.1) is 0 Å². The minimum atomic E-state index is -4.10. The van der Waals surface area contributed by atoms with Gasteiger partial charge in [-0.3, -0.25) is 4.79 Å². The van der Waals surface area contributed by atoms with Gasteiger partial charge in [0.25, 0.3) is 0 Å². The summed E-state index contributed by atoms with van der Waals surface area (Å²) in [5.41, 5.74) is 0. The highest BCUT2D eigenvalue weighted by molar-refractivity contribution is 5.84. The van der Waals surface area contributed by atoms with Gasteiger partial charge in [-0.25, -0.2) is 4.99 Å². The molecule has 5 nitrogen and oxygen atoms in total. The van der Waals surface area contributed by atoms with Crippen molar-refractivity contribution in [3.05, 3.63) is 0 Å². The van der Waals surface area contributed by atoms with Crippen LogP contribution < -0.4 is 10.6 Å². The summed E-state index contributed by atoms with van der Waals surface area (Å²) >= 11 is 0. The number of hydrogen-bond donors (Lipinski definition) is 2. The normalized spacial score (nSPS) is 16.5. The zero-order chi connectivity index (χ0) is 17.3. The molecule has 0 unspecified atom stereocenters. The van der Waals surface area contributed by atoms with Crippen molar-refractivity contribution in [3.63, 3.8) is 0 Å². The van der Waals surface area contributed by atoms with Crippen LogP contribution in [0.2, 0.25) is 0 Å². The first-order chi connectivity index (χ1) is 10.8. The highest BCUT2D eigenvalue weighted by Crippen LogP contribution is 2.21. The Balaban J connectivity index is 2.40. The van der Waals surface area contributed by atoms with E-state index in [9.17, 15) is 18.0 Å². The lowest BCUT2D eigenvalue weighted by molar-refractivity contribution is -0.135. The number of carbonyl (C=O) groups is 1. The van der Waals surface area contributed by atoms with E-state index in [1.54, 1.807) is 14.1 Å². The Bertz CT molecular complexity index is 391. The van der Waals surface area contributed by atoms with Crippen LogP contribution in [0.4, 0.5) is 13.2 Å². The van der Waals surface area contributed by atoms with Gasteiger partial charge in [0.1, 0.15) is 6.54 Å². The van der Waals surface area contributed by atoms with Crippen LogP contribution in [0.1, 0.15) is 44.9 Å². The average Bonchev–Trinajstić information content (AvgIpc) is 2.95. The molecule has 1 aliphatic rings. The third kappa shape index (κ3) is 9.30. The highest BCUT2D eigenvalue weighted by atomic mass is 19.4. The summed E-state index contributed by atoms with van der Waals surface area (Å²) in [6.45, 7) is 0.433. The molecule has 1 fully saturated rings. The van der Waals surface area contributed by atoms with Crippen molar-refractivity contribution in [2.24, 2.45) is 4.99 Å². The maximum absolute atomic E-state index is 12.1. The fourth-order valence-corrected chi connectivity index (χ4v) is 2.36. The lowest BCUT2D eigenvalue weighted by atomic mass is 10.2. The van der Waals surface area contributed by atoms with E-state index < -0.39 is 12.6 Å². The smallest absolute Gasteiger partial charge is 0.356 e. The quantitative estimate of drug-likeness (QED) is 0.426. The molecule has 8 heteroatoms. The number of aliphatic imine (C=N–C) groups is 1. The van der Waals surface area contributed by atoms with Crippen molar-refractivity contribution in [3.8, 4) is 0 Å². The van der Waals surface area contributed by atoms with Crippen molar-refractivity contribution in [2.75, 3.05) is 27.2 Å². The van der Waals surface area contributed by atoms with Crippen LogP contribution in [0.15, 0.2) is 4.99 Å². The SMILES string of the molecule is CN(C)C(=O)CN=C(NCCCCC(F)(F)F)NC1CCCC1. The molecule has 1 rings (SSSR count). The average molecular weight is 336 g/mol. The minimum Gasteiger partial charge on any atom is -0.356 e. The molecule has 23 heavy (non-hydrogen) atoms. The van der Waals surface area contributed by atoms with Crippen molar-refractivity contribution >= 4 is 11.9 Å². The topological polar surface area (TPSA) is 56.7 Å². The van der Waals surface area contributed by atoms with Crippen molar-refractivity contribution in [1.29, 1.82) is 0 Å². The zero-order valence-electron chi connectivity index (χ0n) is 13.9. The van der Waals surface area contributed by atoms with Crippen LogP contribution in [0.25, 0.3) is 0 Å². The predicted molar refractivity (Wildman–Crippen MR) is 84.3 cm³/mol. The molecule has 1 saturated carbocycles. The van der Waals surface area contributed by atoms with E-state index in [0.717, 1.165) is 25.7 Å². The summed E-state index contributed by atoms with van der Waals surface area (Å²) in [5, 5.41) is 6.29. The molecule has 0 saturated heterocycles. The Hall–Kier alpha value is -1.47. The van der Waals surface area contributed by atoms with Gasteiger partial charge in [-0.2, -0.15) is 13.2 Å². The van der Waals surface area contributed by atoms with Crippen LogP contribution in [0, 0.1) is 0 Å².